The number of rotatable bonds is 3. The molecule has 1 aliphatic carbocycles. The summed E-state index contributed by atoms with van der Waals surface area (Å²) in [5.41, 5.74) is 2.56. The fourth-order valence-electron chi connectivity index (χ4n) is 3.85. The molecule has 2 heterocycles. The number of nitrogens with zero attached hydrogens (tertiary/aromatic N) is 2. The van der Waals surface area contributed by atoms with Crippen molar-refractivity contribution in [3.8, 4) is 0 Å². The van der Waals surface area contributed by atoms with Gasteiger partial charge in [0.15, 0.2) is 0 Å². The van der Waals surface area contributed by atoms with E-state index in [0.717, 1.165) is 30.6 Å². The Balaban J connectivity index is 1.65. The summed E-state index contributed by atoms with van der Waals surface area (Å²) in [5, 5.41) is 8.43. The molecular weight excluding hydrogens is 222 g/mol. The highest BCUT2D eigenvalue weighted by Gasteiger charge is 2.33. The SMILES string of the molecule is CCn1nc(C)cc1CC1CCC2CCCC2N1. The molecule has 1 aromatic rings. The highest BCUT2D eigenvalue weighted by molar-refractivity contribution is 5.11. The lowest BCUT2D eigenvalue weighted by Crippen LogP contribution is -2.46. The Morgan fingerprint density at radius 3 is 3.06 bits per heavy atom. The number of fused-ring (bicyclic) bond motifs is 1. The van der Waals surface area contributed by atoms with E-state index >= 15 is 0 Å². The molecule has 0 spiro atoms. The third kappa shape index (κ3) is 2.33. The lowest BCUT2D eigenvalue weighted by atomic mass is 9.88. The van der Waals surface area contributed by atoms with Crippen LogP contribution in [0.3, 0.4) is 0 Å². The fraction of sp³-hybridized carbons (Fsp3) is 0.800. The minimum atomic E-state index is 0.672. The van der Waals surface area contributed by atoms with Gasteiger partial charge in [-0.2, -0.15) is 5.10 Å². The highest BCUT2D eigenvalue weighted by Crippen LogP contribution is 2.34. The minimum absolute atomic E-state index is 0.672. The molecule has 0 aromatic carbocycles. The Morgan fingerprint density at radius 2 is 2.22 bits per heavy atom. The fourth-order valence-corrected chi connectivity index (χ4v) is 3.85. The number of aryl methyl sites for hydroxylation is 2. The van der Waals surface area contributed by atoms with Crippen LogP contribution in [-0.2, 0) is 13.0 Å². The van der Waals surface area contributed by atoms with Gasteiger partial charge in [0.05, 0.1) is 5.69 Å². The molecule has 2 fully saturated rings. The van der Waals surface area contributed by atoms with Crippen molar-refractivity contribution in [3.05, 3.63) is 17.5 Å². The van der Waals surface area contributed by atoms with Crippen molar-refractivity contribution in [1.29, 1.82) is 0 Å². The first kappa shape index (κ1) is 12.2. The third-order valence-electron chi connectivity index (χ3n) is 4.74. The monoisotopic (exact) mass is 247 g/mol. The van der Waals surface area contributed by atoms with Crippen molar-refractivity contribution in [3.63, 3.8) is 0 Å². The molecule has 3 nitrogen and oxygen atoms in total. The predicted molar refractivity (Wildman–Crippen MR) is 73.6 cm³/mol. The van der Waals surface area contributed by atoms with Crippen LogP contribution in [0, 0.1) is 12.8 Å². The van der Waals surface area contributed by atoms with Crippen LogP contribution in [0.2, 0.25) is 0 Å². The molecule has 0 radical (unpaired) electrons. The molecule has 3 atom stereocenters. The normalized spacial score (nSPS) is 31.6. The molecule has 100 valence electrons. The van der Waals surface area contributed by atoms with Gasteiger partial charge in [-0.1, -0.05) is 6.42 Å². The van der Waals surface area contributed by atoms with Gasteiger partial charge in [0, 0.05) is 30.7 Å². The number of hydrogen-bond donors (Lipinski definition) is 1. The molecule has 3 unspecified atom stereocenters. The van der Waals surface area contributed by atoms with Crippen LogP contribution < -0.4 is 5.32 Å². The predicted octanol–water partition coefficient (Wildman–Crippen LogP) is 2.67. The van der Waals surface area contributed by atoms with Gasteiger partial charge in [0.2, 0.25) is 0 Å². The van der Waals surface area contributed by atoms with E-state index in [4.69, 9.17) is 0 Å². The number of aromatic nitrogens is 2. The Kier molecular flexibility index (Phi) is 3.42. The van der Waals surface area contributed by atoms with Crippen LogP contribution in [0.4, 0.5) is 0 Å². The Labute approximate surface area is 110 Å². The van der Waals surface area contributed by atoms with Crippen molar-refractivity contribution in [2.45, 2.75) is 71.0 Å². The molecular formula is C15H25N3. The second kappa shape index (κ2) is 5.04. The van der Waals surface area contributed by atoms with E-state index in [1.807, 2.05) is 0 Å². The summed E-state index contributed by atoms with van der Waals surface area (Å²) in [5.74, 6) is 0.971. The molecule has 3 heteroatoms. The third-order valence-corrected chi connectivity index (χ3v) is 4.74. The van der Waals surface area contributed by atoms with E-state index in [1.54, 1.807) is 0 Å². The van der Waals surface area contributed by atoms with Gasteiger partial charge >= 0.3 is 0 Å². The molecule has 3 rings (SSSR count). The summed E-state index contributed by atoms with van der Waals surface area (Å²) in [6.45, 7) is 5.26. The zero-order valence-electron chi connectivity index (χ0n) is 11.7. The summed E-state index contributed by atoms with van der Waals surface area (Å²) in [4.78, 5) is 0. The van der Waals surface area contributed by atoms with Crippen molar-refractivity contribution in [2.24, 2.45) is 5.92 Å². The number of piperidine rings is 1. The van der Waals surface area contributed by atoms with Crippen molar-refractivity contribution in [1.82, 2.24) is 15.1 Å². The summed E-state index contributed by atoms with van der Waals surface area (Å²) in [6, 6.07) is 3.74. The van der Waals surface area contributed by atoms with E-state index in [-0.39, 0.29) is 0 Å². The molecule has 1 saturated heterocycles. The maximum Gasteiger partial charge on any atom is 0.0596 e. The number of hydrogen-bond acceptors (Lipinski definition) is 2. The van der Waals surface area contributed by atoms with E-state index < -0.39 is 0 Å². The molecule has 1 aliphatic heterocycles. The van der Waals surface area contributed by atoms with E-state index in [1.165, 1.54) is 37.8 Å². The molecule has 0 bridgehead atoms. The van der Waals surface area contributed by atoms with Crippen LogP contribution in [-0.4, -0.2) is 21.9 Å². The Hall–Kier alpha value is -0.830. The smallest absolute Gasteiger partial charge is 0.0596 e. The minimum Gasteiger partial charge on any atom is -0.311 e. The summed E-state index contributed by atoms with van der Waals surface area (Å²) in [7, 11) is 0. The van der Waals surface area contributed by atoms with Crippen LogP contribution in [0.1, 0.15) is 50.4 Å². The molecule has 18 heavy (non-hydrogen) atoms. The largest absolute Gasteiger partial charge is 0.311 e. The second-order valence-electron chi connectivity index (χ2n) is 6.04. The topological polar surface area (TPSA) is 29.9 Å². The van der Waals surface area contributed by atoms with E-state index in [2.05, 4.69) is 35.0 Å². The summed E-state index contributed by atoms with van der Waals surface area (Å²) >= 11 is 0. The zero-order valence-corrected chi connectivity index (χ0v) is 11.7. The van der Waals surface area contributed by atoms with E-state index in [9.17, 15) is 0 Å². The average Bonchev–Trinajstić information content (AvgIpc) is 2.95. The van der Waals surface area contributed by atoms with Crippen LogP contribution in [0.5, 0.6) is 0 Å². The van der Waals surface area contributed by atoms with Crippen LogP contribution >= 0.6 is 0 Å². The Morgan fingerprint density at radius 1 is 1.33 bits per heavy atom. The van der Waals surface area contributed by atoms with Crippen LogP contribution in [0.15, 0.2) is 6.07 Å². The van der Waals surface area contributed by atoms with Gasteiger partial charge in [0.25, 0.3) is 0 Å². The van der Waals surface area contributed by atoms with Crippen molar-refractivity contribution >= 4 is 0 Å². The molecule has 1 saturated carbocycles. The van der Waals surface area contributed by atoms with Gasteiger partial charge in [0.1, 0.15) is 0 Å². The average molecular weight is 247 g/mol. The molecule has 1 aromatic heterocycles. The lowest BCUT2D eigenvalue weighted by Gasteiger charge is -2.33. The van der Waals surface area contributed by atoms with Gasteiger partial charge < -0.3 is 5.32 Å². The quantitative estimate of drug-likeness (QED) is 0.890. The standard InChI is InChI=1S/C15H25N3/c1-3-18-14(9-11(2)17-18)10-13-8-7-12-5-4-6-15(12)16-13/h9,12-13,15-16H,3-8,10H2,1-2H3. The highest BCUT2D eigenvalue weighted by atomic mass is 15.3. The summed E-state index contributed by atoms with van der Waals surface area (Å²) in [6.07, 6.45) is 8.21. The van der Waals surface area contributed by atoms with Gasteiger partial charge in [-0.15, -0.1) is 0 Å². The lowest BCUT2D eigenvalue weighted by molar-refractivity contribution is 0.255. The van der Waals surface area contributed by atoms with Gasteiger partial charge in [-0.25, -0.2) is 0 Å². The Bertz CT molecular complexity index is 410. The van der Waals surface area contributed by atoms with Crippen molar-refractivity contribution in [2.75, 3.05) is 0 Å². The zero-order chi connectivity index (χ0) is 12.5. The second-order valence-corrected chi connectivity index (χ2v) is 6.04. The summed E-state index contributed by atoms with van der Waals surface area (Å²) < 4.78 is 2.16. The van der Waals surface area contributed by atoms with Gasteiger partial charge in [-0.05, 0) is 51.5 Å². The number of nitrogens with one attached hydrogen (secondary N) is 1. The van der Waals surface area contributed by atoms with Crippen molar-refractivity contribution < 1.29 is 0 Å². The molecule has 2 aliphatic rings. The maximum absolute atomic E-state index is 4.55. The van der Waals surface area contributed by atoms with E-state index in [0.29, 0.717) is 6.04 Å². The molecule has 1 N–H and O–H groups in total. The molecule has 0 amide bonds. The first-order chi connectivity index (χ1) is 8.76. The first-order valence-electron chi connectivity index (χ1n) is 7.55. The maximum atomic E-state index is 4.55. The van der Waals surface area contributed by atoms with Crippen LogP contribution in [0.25, 0.3) is 0 Å². The van der Waals surface area contributed by atoms with Gasteiger partial charge in [-0.3, -0.25) is 4.68 Å². The first-order valence-corrected chi connectivity index (χ1v) is 7.55.